The average Bonchev–Trinajstić information content (AvgIpc) is 3.01. The number of hydrogen-bond donors (Lipinski definition) is 3. The van der Waals surface area contributed by atoms with Gasteiger partial charge in [0.1, 0.15) is 0 Å². The summed E-state index contributed by atoms with van der Waals surface area (Å²) in [6.45, 7) is 0.499. The van der Waals surface area contributed by atoms with Crippen molar-refractivity contribution in [3.63, 3.8) is 0 Å². The molecule has 0 fully saturated rings. The van der Waals surface area contributed by atoms with Gasteiger partial charge in [-0.2, -0.15) is 0 Å². The molecule has 0 spiro atoms. The lowest BCUT2D eigenvalue weighted by Gasteiger charge is -2.23. The molecule has 0 radical (unpaired) electrons. The van der Waals surface area contributed by atoms with E-state index in [0.29, 0.717) is 17.8 Å². The third kappa shape index (κ3) is 4.80. The molecule has 1 heterocycles. The topological polar surface area (TPSA) is 87.5 Å². The zero-order valence-corrected chi connectivity index (χ0v) is 13.9. The first-order valence-electron chi connectivity index (χ1n) is 7.12. The van der Waals surface area contributed by atoms with Crippen molar-refractivity contribution < 1.29 is 9.59 Å². The van der Waals surface area contributed by atoms with Crippen LogP contribution in [0.15, 0.2) is 41.8 Å². The van der Waals surface area contributed by atoms with Crippen LogP contribution in [0.1, 0.15) is 21.3 Å². The molecule has 1 atom stereocenters. The molecule has 2 aromatic rings. The first kappa shape index (κ1) is 17.0. The molecule has 1 aromatic heterocycles. The van der Waals surface area contributed by atoms with Gasteiger partial charge in [0.05, 0.1) is 6.04 Å². The van der Waals surface area contributed by atoms with Crippen molar-refractivity contribution in [2.45, 2.75) is 6.04 Å². The van der Waals surface area contributed by atoms with Gasteiger partial charge in [0, 0.05) is 22.7 Å². The van der Waals surface area contributed by atoms with E-state index in [2.05, 4.69) is 21.6 Å². The van der Waals surface area contributed by atoms with Crippen LogP contribution in [0, 0.1) is 0 Å². The number of primary amides is 1. The highest BCUT2D eigenvalue weighted by atomic mass is 32.1. The SMILES string of the molecule is CN(C)[C@H](CNC(=O)Nc1ccc(C(N)=O)cc1)c1cccs1. The Labute approximate surface area is 139 Å². The van der Waals surface area contributed by atoms with E-state index in [4.69, 9.17) is 5.73 Å². The molecule has 23 heavy (non-hydrogen) atoms. The standard InChI is InChI=1S/C16H20N4O2S/c1-20(2)13(14-4-3-9-23-14)10-18-16(22)19-12-7-5-11(6-8-12)15(17)21/h3-9,13H,10H2,1-2H3,(H2,17,21)(H2,18,19,22)/t13-/m1/s1. The van der Waals surface area contributed by atoms with Crippen molar-refractivity contribution in [1.29, 1.82) is 0 Å². The highest BCUT2D eigenvalue weighted by molar-refractivity contribution is 7.10. The molecule has 3 amide bonds. The van der Waals surface area contributed by atoms with Crippen molar-refractivity contribution in [2.24, 2.45) is 5.73 Å². The third-order valence-electron chi connectivity index (χ3n) is 3.38. The predicted octanol–water partition coefficient (Wildman–Crippen LogP) is 2.27. The van der Waals surface area contributed by atoms with E-state index in [-0.39, 0.29) is 12.1 Å². The number of carbonyl (C=O) groups excluding carboxylic acids is 2. The summed E-state index contributed by atoms with van der Waals surface area (Å²) >= 11 is 1.66. The molecule has 0 aliphatic heterocycles. The maximum atomic E-state index is 12.0. The summed E-state index contributed by atoms with van der Waals surface area (Å²) in [5, 5.41) is 7.61. The Kier molecular flexibility index (Phi) is 5.72. The second kappa shape index (κ2) is 7.75. The van der Waals surface area contributed by atoms with Crippen LogP contribution in [0.3, 0.4) is 0 Å². The summed E-state index contributed by atoms with van der Waals surface area (Å²) in [6, 6.07) is 10.3. The Morgan fingerprint density at radius 2 is 1.91 bits per heavy atom. The van der Waals surface area contributed by atoms with Crippen LogP contribution in [0.25, 0.3) is 0 Å². The van der Waals surface area contributed by atoms with Crippen molar-refractivity contribution in [3.05, 3.63) is 52.2 Å². The zero-order chi connectivity index (χ0) is 16.8. The number of likely N-dealkylation sites (N-methyl/N-ethyl adjacent to an activating group) is 1. The van der Waals surface area contributed by atoms with Gasteiger partial charge < -0.3 is 21.3 Å². The fourth-order valence-electron chi connectivity index (χ4n) is 2.10. The number of urea groups is 1. The summed E-state index contributed by atoms with van der Waals surface area (Å²) in [6.07, 6.45) is 0. The molecule has 0 bridgehead atoms. The highest BCUT2D eigenvalue weighted by Crippen LogP contribution is 2.22. The maximum absolute atomic E-state index is 12.0. The molecule has 4 N–H and O–H groups in total. The Morgan fingerprint density at radius 1 is 1.22 bits per heavy atom. The Morgan fingerprint density at radius 3 is 2.43 bits per heavy atom. The van der Waals surface area contributed by atoms with Crippen LogP contribution in [-0.2, 0) is 0 Å². The number of nitrogens with zero attached hydrogens (tertiary/aromatic N) is 1. The minimum Gasteiger partial charge on any atom is -0.366 e. The number of hydrogen-bond acceptors (Lipinski definition) is 4. The Bertz CT molecular complexity index is 653. The van der Waals surface area contributed by atoms with Crippen molar-refractivity contribution in [1.82, 2.24) is 10.2 Å². The van der Waals surface area contributed by atoms with Gasteiger partial charge in [0.2, 0.25) is 5.91 Å². The fraction of sp³-hybridized carbons (Fsp3) is 0.250. The molecule has 6 nitrogen and oxygen atoms in total. The highest BCUT2D eigenvalue weighted by Gasteiger charge is 2.16. The molecular weight excluding hydrogens is 312 g/mol. The molecular formula is C16H20N4O2S. The van der Waals surface area contributed by atoms with E-state index in [1.54, 1.807) is 35.6 Å². The van der Waals surface area contributed by atoms with Crippen LogP contribution in [0.2, 0.25) is 0 Å². The summed E-state index contributed by atoms with van der Waals surface area (Å²) in [5.74, 6) is -0.495. The third-order valence-corrected chi connectivity index (χ3v) is 4.35. The molecule has 122 valence electrons. The lowest BCUT2D eigenvalue weighted by atomic mass is 10.2. The summed E-state index contributed by atoms with van der Waals surface area (Å²) in [4.78, 5) is 26.3. The van der Waals surface area contributed by atoms with Crippen LogP contribution in [0.5, 0.6) is 0 Å². The second-order valence-electron chi connectivity index (χ2n) is 5.27. The van der Waals surface area contributed by atoms with Crippen molar-refractivity contribution in [3.8, 4) is 0 Å². The lowest BCUT2D eigenvalue weighted by molar-refractivity contribution is 0.100. The van der Waals surface area contributed by atoms with E-state index >= 15 is 0 Å². The van der Waals surface area contributed by atoms with Crippen LogP contribution >= 0.6 is 11.3 Å². The lowest BCUT2D eigenvalue weighted by Crippen LogP contribution is -2.36. The number of anilines is 1. The largest absolute Gasteiger partial charge is 0.366 e. The van der Waals surface area contributed by atoms with Gasteiger partial charge in [0.15, 0.2) is 0 Å². The van der Waals surface area contributed by atoms with E-state index in [0.717, 1.165) is 0 Å². The number of thiophene rings is 1. The van der Waals surface area contributed by atoms with Gasteiger partial charge in [-0.15, -0.1) is 11.3 Å². The molecule has 0 unspecified atom stereocenters. The number of carbonyl (C=O) groups is 2. The Balaban J connectivity index is 1.90. The average molecular weight is 332 g/mol. The van der Waals surface area contributed by atoms with Gasteiger partial charge in [-0.05, 0) is 49.8 Å². The fourth-order valence-corrected chi connectivity index (χ4v) is 3.02. The number of amides is 3. The maximum Gasteiger partial charge on any atom is 0.319 e. The summed E-state index contributed by atoms with van der Waals surface area (Å²) in [5.41, 5.74) is 6.18. The van der Waals surface area contributed by atoms with Crippen LogP contribution < -0.4 is 16.4 Å². The quantitative estimate of drug-likeness (QED) is 0.758. The minimum atomic E-state index is -0.495. The summed E-state index contributed by atoms with van der Waals surface area (Å²) in [7, 11) is 3.96. The molecule has 7 heteroatoms. The van der Waals surface area contributed by atoms with Crippen LogP contribution in [-0.4, -0.2) is 37.5 Å². The normalized spacial score (nSPS) is 12.0. The Hall–Kier alpha value is -2.38. The first-order valence-corrected chi connectivity index (χ1v) is 8.00. The summed E-state index contributed by atoms with van der Waals surface area (Å²) < 4.78 is 0. The van der Waals surface area contributed by atoms with Gasteiger partial charge >= 0.3 is 6.03 Å². The van der Waals surface area contributed by atoms with Crippen molar-refractivity contribution >= 4 is 29.0 Å². The molecule has 0 saturated carbocycles. The van der Waals surface area contributed by atoms with E-state index in [1.165, 1.54) is 4.88 Å². The van der Waals surface area contributed by atoms with Crippen molar-refractivity contribution in [2.75, 3.05) is 26.0 Å². The van der Waals surface area contributed by atoms with Gasteiger partial charge in [-0.25, -0.2) is 4.79 Å². The second-order valence-corrected chi connectivity index (χ2v) is 6.25. The van der Waals surface area contributed by atoms with Gasteiger partial charge in [0.25, 0.3) is 0 Å². The zero-order valence-electron chi connectivity index (χ0n) is 13.1. The molecule has 0 aliphatic carbocycles. The van der Waals surface area contributed by atoms with Crippen LogP contribution in [0.4, 0.5) is 10.5 Å². The van der Waals surface area contributed by atoms with E-state index in [1.807, 2.05) is 25.5 Å². The van der Waals surface area contributed by atoms with Gasteiger partial charge in [-0.3, -0.25) is 4.79 Å². The molecule has 2 rings (SSSR count). The molecule has 0 saturated heterocycles. The van der Waals surface area contributed by atoms with E-state index in [9.17, 15) is 9.59 Å². The van der Waals surface area contributed by atoms with Gasteiger partial charge in [-0.1, -0.05) is 6.07 Å². The van der Waals surface area contributed by atoms with E-state index < -0.39 is 5.91 Å². The number of nitrogens with two attached hydrogens (primary N) is 1. The smallest absolute Gasteiger partial charge is 0.319 e. The number of rotatable bonds is 6. The number of benzene rings is 1. The predicted molar refractivity (Wildman–Crippen MR) is 92.7 cm³/mol. The molecule has 1 aromatic carbocycles. The monoisotopic (exact) mass is 332 g/mol. The minimum absolute atomic E-state index is 0.123. The molecule has 0 aliphatic rings. The first-order chi connectivity index (χ1) is 11.0. The number of nitrogens with one attached hydrogen (secondary N) is 2.